The van der Waals surface area contributed by atoms with Crippen molar-refractivity contribution in [3.8, 4) is 0 Å². The molecule has 0 bridgehead atoms. The SMILES string of the molecule is CCCCCC(F)(Br)C(C)(C)OC(C)(C)C(F)(Br)CCCCC. The van der Waals surface area contributed by atoms with Crippen LogP contribution in [0.5, 0.6) is 0 Å². The monoisotopic (exact) mass is 462 g/mol. The highest BCUT2D eigenvalue weighted by Crippen LogP contribution is 2.48. The molecule has 0 aromatic heterocycles. The van der Waals surface area contributed by atoms with Crippen molar-refractivity contribution in [1.82, 2.24) is 0 Å². The van der Waals surface area contributed by atoms with E-state index in [4.69, 9.17) is 4.74 Å². The molecular weight excluding hydrogens is 430 g/mol. The molecule has 0 amide bonds. The summed E-state index contributed by atoms with van der Waals surface area (Å²) in [6, 6.07) is 0. The number of ether oxygens (including phenoxy) is 1. The lowest BCUT2D eigenvalue weighted by atomic mass is 9.92. The van der Waals surface area contributed by atoms with Crippen molar-refractivity contribution < 1.29 is 13.5 Å². The van der Waals surface area contributed by atoms with Gasteiger partial charge in [0.2, 0.25) is 0 Å². The molecule has 0 rings (SSSR count). The first kappa shape index (κ1) is 23.8. The van der Waals surface area contributed by atoms with Crippen molar-refractivity contribution in [2.45, 2.75) is 113 Å². The fourth-order valence-corrected chi connectivity index (χ4v) is 3.31. The molecule has 1 nitrogen and oxygen atoms in total. The average Bonchev–Trinajstić information content (AvgIpc) is 2.37. The minimum Gasteiger partial charge on any atom is -0.361 e. The second-order valence-corrected chi connectivity index (χ2v) is 9.96. The molecule has 0 N–H and O–H groups in total. The maximum absolute atomic E-state index is 15.1. The highest BCUT2D eigenvalue weighted by Gasteiger charge is 2.53. The number of unbranched alkanes of at least 4 members (excludes halogenated alkanes) is 4. The van der Waals surface area contributed by atoms with E-state index in [0.29, 0.717) is 12.8 Å². The Labute approximate surface area is 158 Å². The van der Waals surface area contributed by atoms with Gasteiger partial charge in [0.05, 0.1) is 0 Å². The molecule has 0 saturated carbocycles. The molecule has 2 unspecified atom stereocenters. The zero-order valence-electron chi connectivity index (χ0n) is 15.6. The van der Waals surface area contributed by atoms with Gasteiger partial charge in [0.25, 0.3) is 0 Å². The number of rotatable bonds is 12. The Kier molecular flexibility index (Phi) is 9.79. The van der Waals surface area contributed by atoms with Gasteiger partial charge in [-0.2, -0.15) is 0 Å². The van der Waals surface area contributed by atoms with E-state index in [1.165, 1.54) is 0 Å². The van der Waals surface area contributed by atoms with Gasteiger partial charge in [-0.15, -0.1) is 0 Å². The van der Waals surface area contributed by atoms with E-state index in [0.717, 1.165) is 38.5 Å². The van der Waals surface area contributed by atoms with Crippen LogP contribution >= 0.6 is 31.9 Å². The molecular formula is C18H34Br2F2O. The summed E-state index contributed by atoms with van der Waals surface area (Å²) in [5, 5.41) is 0. The molecule has 0 saturated heterocycles. The summed E-state index contributed by atoms with van der Waals surface area (Å²) in [5.74, 6) is 0. The van der Waals surface area contributed by atoms with Crippen LogP contribution in [0.2, 0.25) is 0 Å². The average molecular weight is 464 g/mol. The largest absolute Gasteiger partial charge is 0.361 e. The summed E-state index contributed by atoms with van der Waals surface area (Å²) in [6.45, 7) is 10.9. The van der Waals surface area contributed by atoms with Crippen LogP contribution in [0, 0.1) is 0 Å². The molecule has 5 heteroatoms. The smallest absolute Gasteiger partial charge is 0.193 e. The standard InChI is InChI=1S/C18H34Br2F2O/c1-7-9-11-13-17(19,21)15(3,4)23-16(5,6)18(20,22)14-12-10-8-2/h7-14H2,1-6H3. The first-order chi connectivity index (χ1) is 10.3. The van der Waals surface area contributed by atoms with Gasteiger partial charge in [-0.1, -0.05) is 39.5 Å². The van der Waals surface area contributed by atoms with Crippen molar-refractivity contribution in [3.05, 3.63) is 0 Å². The molecule has 0 aliphatic heterocycles. The Hall–Kier alpha value is 0.780. The van der Waals surface area contributed by atoms with E-state index in [1.807, 2.05) is 0 Å². The summed E-state index contributed by atoms with van der Waals surface area (Å²) in [4.78, 5) is 0. The van der Waals surface area contributed by atoms with E-state index in [-0.39, 0.29) is 0 Å². The Bertz CT molecular complexity index is 310. The summed E-state index contributed by atoms with van der Waals surface area (Å²) in [5.41, 5.74) is -2.28. The van der Waals surface area contributed by atoms with Gasteiger partial charge in [0, 0.05) is 0 Å². The maximum Gasteiger partial charge on any atom is 0.193 e. The fraction of sp³-hybridized carbons (Fsp3) is 1.00. The predicted molar refractivity (Wildman–Crippen MR) is 103 cm³/mol. The van der Waals surface area contributed by atoms with Crippen molar-refractivity contribution in [2.24, 2.45) is 0 Å². The Balaban J connectivity index is 4.94. The zero-order chi connectivity index (χ0) is 18.4. The molecule has 23 heavy (non-hydrogen) atoms. The van der Waals surface area contributed by atoms with Crippen LogP contribution in [-0.4, -0.2) is 20.4 Å². The normalized spacial score (nSPS) is 18.5. The van der Waals surface area contributed by atoms with E-state index in [9.17, 15) is 0 Å². The van der Waals surface area contributed by atoms with E-state index < -0.39 is 20.4 Å². The molecule has 0 radical (unpaired) electrons. The van der Waals surface area contributed by atoms with Crippen LogP contribution in [0.25, 0.3) is 0 Å². The van der Waals surface area contributed by atoms with Gasteiger partial charge in [-0.25, -0.2) is 8.78 Å². The van der Waals surface area contributed by atoms with Crippen LogP contribution in [-0.2, 0) is 4.74 Å². The first-order valence-electron chi connectivity index (χ1n) is 8.79. The zero-order valence-corrected chi connectivity index (χ0v) is 18.7. The van der Waals surface area contributed by atoms with Crippen molar-refractivity contribution in [1.29, 1.82) is 0 Å². The Morgan fingerprint density at radius 2 is 1.00 bits per heavy atom. The first-order valence-corrected chi connectivity index (χ1v) is 10.4. The minimum atomic E-state index is -1.68. The molecule has 0 aliphatic rings. The van der Waals surface area contributed by atoms with Gasteiger partial charge < -0.3 is 4.74 Å². The third kappa shape index (κ3) is 7.27. The predicted octanol–water partition coefficient (Wildman–Crippen LogP) is 7.84. The molecule has 0 heterocycles. The third-order valence-corrected chi connectivity index (χ3v) is 7.16. The number of alkyl halides is 4. The molecule has 0 aromatic rings. The number of hydrogen-bond donors (Lipinski definition) is 0. The van der Waals surface area contributed by atoms with Crippen molar-refractivity contribution >= 4 is 31.9 Å². The van der Waals surface area contributed by atoms with Crippen LogP contribution in [0.15, 0.2) is 0 Å². The van der Waals surface area contributed by atoms with Crippen LogP contribution in [0.4, 0.5) is 8.78 Å². The third-order valence-electron chi connectivity index (χ3n) is 4.46. The van der Waals surface area contributed by atoms with Crippen LogP contribution in [0.3, 0.4) is 0 Å². The van der Waals surface area contributed by atoms with Gasteiger partial charge >= 0.3 is 0 Å². The Morgan fingerprint density at radius 1 is 0.696 bits per heavy atom. The number of hydrogen-bond acceptors (Lipinski definition) is 1. The maximum atomic E-state index is 15.1. The lowest BCUT2D eigenvalue weighted by molar-refractivity contribution is -0.194. The second-order valence-electron chi connectivity index (χ2n) is 7.45. The summed E-state index contributed by atoms with van der Waals surface area (Å²) < 4.78 is 32.8. The van der Waals surface area contributed by atoms with Gasteiger partial charge in [-0.05, 0) is 85.2 Å². The molecule has 0 fully saturated rings. The van der Waals surface area contributed by atoms with Crippen LogP contribution in [0.1, 0.15) is 92.9 Å². The summed E-state index contributed by atoms with van der Waals surface area (Å²) in [6.07, 6.45) is 6.25. The van der Waals surface area contributed by atoms with Crippen molar-refractivity contribution in [3.63, 3.8) is 0 Å². The van der Waals surface area contributed by atoms with Gasteiger partial charge in [-0.3, -0.25) is 0 Å². The van der Waals surface area contributed by atoms with Crippen LogP contribution < -0.4 is 0 Å². The van der Waals surface area contributed by atoms with E-state index >= 15 is 8.78 Å². The highest BCUT2D eigenvalue weighted by molar-refractivity contribution is 9.10. The van der Waals surface area contributed by atoms with Gasteiger partial charge in [0.15, 0.2) is 9.16 Å². The van der Waals surface area contributed by atoms with Crippen molar-refractivity contribution in [2.75, 3.05) is 0 Å². The van der Waals surface area contributed by atoms with Gasteiger partial charge in [0.1, 0.15) is 11.2 Å². The Morgan fingerprint density at radius 3 is 1.26 bits per heavy atom. The highest BCUT2D eigenvalue weighted by atomic mass is 79.9. The second kappa shape index (κ2) is 9.47. The lowest BCUT2D eigenvalue weighted by Gasteiger charge is -2.46. The summed E-state index contributed by atoms with van der Waals surface area (Å²) >= 11 is 6.38. The van der Waals surface area contributed by atoms with E-state index in [2.05, 4.69) is 45.7 Å². The molecule has 0 aliphatic carbocycles. The molecule has 0 spiro atoms. The lowest BCUT2D eigenvalue weighted by Crippen LogP contribution is -2.55. The summed E-state index contributed by atoms with van der Waals surface area (Å²) in [7, 11) is 0. The molecule has 0 aromatic carbocycles. The molecule has 140 valence electrons. The molecule has 2 atom stereocenters. The fourth-order valence-electron chi connectivity index (χ4n) is 2.58. The topological polar surface area (TPSA) is 9.23 Å². The minimum absolute atomic E-state index is 0.349. The van der Waals surface area contributed by atoms with E-state index in [1.54, 1.807) is 27.7 Å². The quantitative estimate of drug-likeness (QED) is 0.211. The number of halogens is 4.